The molecule has 1 atom stereocenters. The number of thioether (sulfide) groups is 1. The topological polar surface area (TPSA) is 63.0 Å². The summed E-state index contributed by atoms with van der Waals surface area (Å²) in [5.41, 5.74) is 0.0587. The van der Waals surface area contributed by atoms with Crippen molar-refractivity contribution in [1.82, 2.24) is 15.5 Å². The number of aromatic nitrogens is 2. The molecule has 0 radical (unpaired) electrons. The van der Waals surface area contributed by atoms with Crippen molar-refractivity contribution < 1.29 is 4.42 Å². The van der Waals surface area contributed by atoms with Crippen LogP contribution in [0.25, 0.3) is 0 Å². The lowest BCUT2D eigenvalue weighted by Gasteiger charge is -2.18. The van der Waals surface area contributed by atoms with Crippen molar-refractivity contribution in [3.63, 3.8) is 0 Å². The van der Waals surface area contributed by atoms with Gasteiger partial charge in [-0.3, -0.25) is 0 Å². The highest BCUT2D eigenvalue weighted by Crippen LogP contribution is 2.23. The molecule has 2 N–H and O–H groups in total. The van der Waals surface area contributed by atoms with Gasteiger partial charge in [0, 0.05) is 12.1 Å². The van der Waals surface area contributed by atoms with Crippen molar-refractivity contribution in [3.05, 3.63) is 5.89 Å². The van der Waals surface area contributed by atoms with Crippen molar-refractivity contribution in [2.45, 2.75) is 39.3 Å². The molecule has 2 rings (SSSR count). The van der Waals surface area contributed by atoms with E-state index in [1.807, 2.05) is 11.8 Å². The van der Waals surface area contributed by atoms with Gasteiger partial charge in [-0.15, -0.1) is 5.10 Å². The van der Waals surface area contributed by atoms with Crippen LogP contribution in [0.4, 0.5) is 6.01 Å². The third kappa shape index (κ3) is 4.49. The molecule has 102 valence electrons. The number of hydrogen-bond acceptors (Lipinski definition) is 6. The van der Waals surface area contributed by atoms with Gasteiger partial charge >= 0.3 is 6.01 Å². The fourth-order valence-corrected chi connectivity index (χ4v) is 3.00. The Bertz CT molecular complexity index is 368. The van der Waals surface area contributed by atoms with E-state index in [0.717, 1.165) is 12.5 Å². The van der Waals surface area contributed by atoms with Gasteiger partial charge in [-0.05, 0) is 44.6 Å². The summed E-state index contributed by atoms with van der Waals surface area (Å²) in [5.74, 6) is 3.88. The van der Waals surface area contributed by atoms with Crippen molar-refractivity contribution in [2.24, 2.45) is 5.92 Å². The van der Waals surface area contributed by atoms with Crippen molar-refractivity contribution >= 4 is 17.8 Å². The molecular formula is C12H22N4OS. The Morgan fingerprint density at radius 1 is 1.39 bits per heavy atom. The zero-order valence-corrected chi connectivity index (χ0v) is 12.1. The molecule has 1 fully saturated rings. The van der Waals surface area contributed by atoms with Crippen LogP contribution >= 0.6 is 11.8 Å². The molecule has 0 spiro atoms. The minimum Gasteiger partial charge on any atom is -0.407 e. The molecule has 0 aromatic carbocycles. The smallest absolute Gasteiger partial charge is 0.315 e. The van der Waals surface area contributed by atoms with E-state index in [1.54, 1.807) is 0 Å². The highest BCUT2D eigenvalue weighted by Gasteiger charge is 2.16. The van der Waals surface area contributed by atoms with Crippen LogP contribution in [0, 0.1) is 5.92 Å². The first-order valence-corrected chi connectivity index (χ1v) is 7.57. The molecule has 0 bridgehead atoms. The van der Waals surface area contributed by atoms with E-state index < -0.39 is 0 Å². The lowest BCUT2D eigenvalue weighted by atomic mass is 10.1. The van der Waals surface area contributed by atoms with E-state index in [9.17, 15) is 0 Å². The predicted molar refractivity (Wildman–Crippen MR) is 74.8 cm³/mol. The summed E-state index contributed by atoms with van der Waals surface area (Å²) in [6.07, 6.45) is 1.28. The van der Waals surface area contributed by atoms with E-state index in [-0.39, 0.29) is 5.54 Å². The van der Waals surface area contributed by atoms with Crippen LogP contribution < -0.4 is 10.6 Å². The number of nitrogens with zero attached hydrogens (tertiary/aromatic N) is 2. The standard InChI is InChI=1S/C12H22N4OS/c1-12(2,3)14-7-10-15-16-11(17-10)13-6-9-4-5-18-8-9/h9,14H,4-8H2,1-3H3,(H,13,16). The van der Waals surface area contributed by atoms with E-state index in [1.165, 1.54) is 17.9 Å². The highest BCUT2D eigenvalue weighted by atomic mass is 32.2. The normalized spacial score (nSPS) is 20.3. The van der Waals surface area contributed by atoms with Crippen LogP contribution in [0.1, 0.15) is 33.1 Å². The Morgan fingerprint density at radius 2 is 2.22 bits per heavy atom. The fourth-order valence-electron chi connectivity index (χ4n) is 1.71. The monoisotopic (exact) mass is 270 g/mol. The minimum atomic E-state index is 0.0587. The quantitative estimate of drug-likeness (QED) is 0.854. The lowest BCUT2D eigenvalue weighted by Crippen LogP contribution is -2.35. The Kier molecular flexibility index (Phi) is 4.50. The first-order chi connectivity index (χ1) is 8.53. The van der Waals surface area contributed by atoms with Crippen LogP contribution in [0.5, 0.6) is 0 Å². The summed E-state index contributed by atoms with van der Waals surface area (Å²) in [6.45, 7) is 7.87. The van der Waals surface area contributed by atoms with Crippen molar-refractivity contribution in [2.75, 3.05) is 23.4 Å². The van der Waals surface area contributed by atoms with Crippen LogP contribution in [0.3, 0.4) is 0 Å². The number of hydrogen-bond donors (Lipinski definition) is 2. The maximum Gasteiger partial charge on any atom is 0.315 e. The molecule has 5 nitrogen and oxygen atoms in total. The molecule has 1 saturated heterocycles. The largest absolute Gasteiger partial charge is 0.407 e. The van der Waals surface area contributed by atoms with Gasteiger partial charge in [-0.2, -0.15) is 11.8 Å². The van der Waals surface area contributed by atoms with Gasteiger partial charge in [-0.25, -0.2) is 0 Å². The SMILES string of the molecule is CC(C)(C)NCc1nnc(NCC2CCSC2)o1. The highest BCUT2D eigenvalue weighted by molar-refractivity contribution is 7.99. The van der Waals surface area contributed by atoms with Crippen LogP contribution in [-0.2, 0) is 6.54 Å². The van der Waals surface area contributed by atoms with Gasteiger partial charge in [0.05, 0.1) is 6.54 Å². The Hall–Kier alpha value is -0.750. The van der Waals surface area contributed by atoms with Crippen LogP contribution in [0.15, 0.2) is 4.42 Å². The van der Waals surface area contributed by atoms with Crippen molar-refractivity contribution in [1.29, 1.82) is 0 Å². The molecular weight excluding hydrogens is 248 g/mol. The molecule has 6 heteroatoms. The van der Waals surface area contributed by atoms with Gasteiger partial charge in [0.1, 0.15) is 0 Å². The average Bonchev–Trinajstić information content (AvgIpc) is 2.94. The van der Waals surface area contributed by atoms with Gasteiger partial charge in [0.2, 0.25) is 5.89 Å². The van der Waals surface area contributed by atoms with Gasteiger partial charge in [0.25, 0.3) is 0 Å². The summed E-state index contributed by atoms with van der Waals surface area (Å²) in [7, 11) is 0. The third-order valence-electron chi connectivity index (χ3n) is 2.80. The first kappa shape index (κ1) is 13.7. The zero-order valence-electron chi connectivity index (χ0n) is 11.3. The van der Waals surface area contributed by atoms with Crippen molar-refractivity contribution in [3.8, 4) is 0 Å². The molecule has 1 aromatic heterocycles. The summed E-state index contributed by atoms with van der Waals surface area (Å²) in [4.78, 5) is 0. The van der Waals surface area contributed by atoms with E-state index in [2.05, 4.69) is 41.6 Å². The second-order valence-electron chi connectivity index (χ2n) is 5.72. The number of anilines is 1. The van der Waals surface area contributed by atoms with Gasteiger partial charge in [-0.1, -0.05) is 5.10 Å². The molecule has 18 heavy (non-hydrogen) atoms. The first-order valence-electron chi connectivity index (χ1n) is 6.42. The molecule has 1 unspecified atom stereocenters. The Labute approximate surface area is 112 Å². The summed E-state index contributed by atoms with van der Waals surface area (Å²) >= 11 is 2.02. The molecule has 0 aliphatic carbocycles. The van der Waals surface area contributed by atoms with Gasteiger partial charge < -0.3 is 15.1 Å². The van der Waals surface area contributed by atoms with Crippen LogP contribution in [0.2, 0.25) is 0 Å². The predicted octanol–water partition coefficient (Wildman–Crippen LogP) is 2.12. The number of rotatable bonds is 5. The van der Waals surface area contributed by atoms with E-state index in [4.69, 9.17) is 4.42 Å². The average molecular weight is 270 g/mol. The second kappa shape index (κ2) is 5.93. The molecule has 1 aliphatic rings. The molecule has 0 saturated carbocycles. The molecule has 1 aliphatic heterocycles. The summed E-state index contributed by atoms with van der Waals surface area (Å²) in [5, 5.41) is 14.6. The third-order valence-corrected chi connectivity index (χ3v) is 4.03. The zero-order chi connectivity index (χ0) is 13.0. The lowest BCUT2D eigenvalue weighted by molar-refractivity contribution is 0.383. The molecule has 1 aromatic rings. The maximum atomic E-state index is 5.54. The van der Waals surface area contributed by atoms with Crippen LogP contribution in [-0.4, -0.2) is 33.8 Å². The minimum absolute atomic E-state index is 0.0587. The fraction of sp³-hybridized carbons (Fsp3) is 0.833. The van der Waals surface area contributed by atoms with Gasteiger partial charge in [0.15, 0.2) is 0 Å². The summed E-state index contributed by atoms with van der Waals surface area (Å²) < 4.78 is 5.54. The van der Waals surface area contributed by atoms with E-state index in [0.29, 0.717) is 18.5 Å². The summed E-state index contributed by atoms with van der Waals surface area (Å²) in [6, 6.07) is 0.539. The molecule has 0 amide bonds. The van der Waals surface area contributed by atoms with E-state index >= 15 is 0 Å². The molecule has 2 heterocycles. The maximum absolute atomic E-state index is 5.54. The second-order valence-corrected chi connectivity index (χ2v) is 6.86. The number of nitrogens with one attached hydrogen (secondary N) is 2. The Morgan fingerprint density at radius 3 is 2.89 bits per heavy atom. The Balaban J connectivity index is 1.75.